The molecule has 1 amide bonds. The molecule has 1 rings (SSSR count). The number of Topliss-reactive ketones (excluding diaryl/α,β-unsaturated/α-hetero) is 2. The fourth-order valence-corrected chi connectivity index (χ4v) is 10.8. The number of rotatable bonds is 10. The minimum atomic E-state index is -2.33. The molecule has 8 nitrogen and oxygen atoms in total. The maximum Gasteiger partial charge on any atom is 0.411 e. The third-order valence-electron chi connectivity index (χ3n) is 6.68. The van der Waals surface area contributed by atoms with Crippen molar-refractivity contribution in [1.29, 1.82) is 0 Å². The molecule has 34 heavy (non-hydrogen) atoms. The fraction of sp³-hybridized carbons (Fsp3) is 0.840. The molecular formula is C25H45NO7Si. The van der Waals surface area contributed by atoms with Gasteiger partial charge < -0.3 is 13.9 Å². The van der Waals surface area contributed by atoms with E-state index < -0.39 is 44.0 Å². The van der Waals surface area contributed by atoms with Gasteiger partial charge in [0.05, 0.1) is 19.3 Å². The smallest absolute Gasteiger partial charge is 0.411 e. The Labute approximate surface area is 206 Å². The molecule has 0 spiro atoms. The lowest BCUT2D eigenvalue weighted by Gasteiger charge is -2.42. The summed E-state index contributed by atoms with van der Waals surface area (Å²) in [5.74, 6) is -1.55. The minimum absolute atomic E-state index is 0.0596. The molecule has 196 valence electrons. The zero-order valence-corrected chi connectivity index (χ0v) is 23.9. The second-order valence-corrected chi connectivity index (χ2v) is 16.8. The van der Waals surface area contributed by atoms with E-state index in [1.165, 1.54) is 18.7 Å². The van der Waals surface area contributed by atoms with Crippen molar-refractivity contribution in [2.75, 3.05) is 13.2 Å². The predicted octanol–water partition coefficient (Wildman–Crippen LogP) is 4.89. The lowest BCUT2D eigenvalue weighted by molar-refractivity contribution is -0.143. The summed E-state index contributed by atoms with van der Waals surface area (Å²) in [6.07, 6.45) is -0.504. The molecule has 0 radical (unpaired) electrons. The van der Waals surface area contributed by atoms with E-state index in [1.807, 2.05) is 0 Å². The Balaban J connectivity index is 3.36. The first-order valence-electron chi connectivity index (χ1n) is 12.3. The van der Waals surface area contributed by atoms with Crippen LogP contribution in [0.2, 0.25) is 16.6 Å². The van der Waals surface area contributed by atoms with Crippen LogP contribution in [-0.4, -0.2) is 67.7 Å². The van der Waals surface area contributed by atoms with Crippen LogP contribution in [0.25, 0.3) is 0 Å². The van der Waals surface area contributed by atoms with Gasteiger partial charge in [0.1, 0.15) is 11.6 Å². The molecule has 9 heteroatoms. The third-order valence-corrected chi connectivity index (χ3v) is 12.7. The number of carbonyl (C=O) groups is 4. The highest BCUT2D eigenvalue weighted by atomic mass is 28.4. The van der Waals surface area contributed by atoms with Crippen molar-refractivity contribution in [2.24, 2.45) is 5.92 Å². The first-order chi connectivity index (χ1) is 15.5. The lowest BCUT2D eigenvalue weighted by atomic mass is 9.96. The van der Waals surface area contributed by atoms with Crippen LogP contribution < -0.4 is 0 Å². The van der Waals surface area contributed by atoms with E-state index in [9.17, 15) is 19.2 Å². The van der Waals surface area contributed by atoms with Gasteiger partial charge in [-0.05, 0) is 50.7 Å². The summed E-state index contributed by atoms with van der Waals surface area (Å²) in [4.78, 5) is 52.0. The molecule has 0 aromatic rings. The number of hydrogen-bond donors (Lipinski definition) is 0. The van der Waals surface area contributed by atoms with Crippen molar-refractivity contribution in [3.63, 3.8) is 0 Å². The van der Waals surface area contributed by atoms with Gasteiger partial charge in [-0.15, -0.1) is 0 Å². The molecule has 1 aliphatic rings. The van der Waals surface area contributed by atoms with Gasteiger partial charge in [-0.3, -0.25) is 19.3 Å². The van der Waals surface area contributed by atoms with Crippen LogP contribution in [0.4, 0.5) is 4.79 Å². The van der Waals surface area contributed by atoms with Crippen LogP contribution >= 0.6 is 0 Å². The van der Waals surface area contributed by atoms with Crippen LogP contribution in [-0.2, 0) is 28.3 Å². The summed E-state index contributed by atoms with van der Waals surface area (Å²) < 4.78 is 17.3. The van der Waals surface area contributed by atoms with E-state index in [2.05, 4.69) is 41.5 Å². The number of ketones is 2. The largest absolute Gasteiger partial charge is 0.465 e. The number of esters is 1. The highest BCUT2D eigenvalue weighted by molar-refractivity contribution is 6.77. The monoisotopic (exact) mass is 499 g/mol. The second-order valence-electron chi connectivity index (χ2n) is 11.3. The van der Waals surface area contributed by atoms with Gasteiger partial charge in [-0.2, -0.15) is 0 Å². The molecule has 3 atom stereocenters. The SMILES string of the molecule is CC(=O)OC[C@@H]1C[C@H](C(C)=O)N(C(=O)OC(C)(C)C)[C@H]1C(=O)CO[Si](C(C)C)(C(C)C)C(C)C. The van der Waals surface area contributed by atoms with E-state index in [-0.39, 0.29) is 47.8 Å². The zero-order chi connectivity index (χ0) is 26.6. The average molecular weight is 500 g/mol. The van der Waals surface area contributed by atoms with Gasteiger partial charge in [0.2, 0.25) is 8.32 Å². The Morgan fingerprint density at radius 1 is 0.941 bits per heavy atom. The summed E-state index contributed by atoms with van der Waals surface area (Å²) in [5, 5.41) is 0. The topological polar surface area (TPSA) is 99.2 Å². The first kappa shape index (κ1) is 30.3. The minimum Gasteiger partial charge on any atom is -0.465 e. The molecule has 1 fully saturated rings. The Morgan fingerprint density at radius 3 is 1.82 bits per heavy atom. The number of carbonyl (C=O) groups excluding carboxylic acids is 4. The third kappa shape index (κ3) is 7.13. The summed E-state index contributed by atoms with van der Waals surface area (Å²) in [5.41, 5.74) is 0.0545. The quantitative estimate of drug-likeness (QED) is 0.311. The highest BCUT2D eigenvalue weighted by Crippen LogP contribution is 2.42. The number of ether oxygens (including phenoxy) is 2. The maximum absolute atomic E-state index is 13.7. The first-order valence-corrected chi connectivity index (χ1v) is 14.4. The highest BCUT2D eigenvalue weighted by Gasteiger charge is 2.52. The van der Waals surface area contributed by atoms with E-state index in [0.717, 1.165) is 0 Å². The molecule has 1 heterocycles. The van der Waals surface area contributed by atoms with Gasteiger partial charge in [-0.1, -0.05) is 41.5 Å². The number of amides is 1. The fourth-order valence-electron chi connectivity index (χ4n) is 5.45. The molecule has 0 bridgehead atoms. The Kier molecular flexibility index (Phi) is 10.5. The molecule has 0 N–H and O–H groups in total. The number of nitrogens with zero attached hydrogens (tertiary/aromatic N) is 1. The Bertz CT molecular complexity index is 735. The molecular weight excluding hydrogens is 454 g/mol. The summed E-state index contributed by atoms with van der Waals surface area (Å²) in [7, 11) is -2.33. The molecule has 1 aliphatic heterocycles. The summed E-state index contributed by atoms with van der Waals surface area (Å²) in [6.45, 7) is 20.5. The number of hydrogen-bond acceptors (Lipinski definition) is 7. The van der Waals surface area contributed by atoms with Gasteiger partial charge in [0.25, 0.3) is 0 Å². The lowest BCUT2D eigenvalue weighted by Crippen LogP contribution is -2.54. The zero-order valence-electron chi connectivity index (χ0n) is 22.9. The average Bonchev–Trinajstić information content (AvgIpc) is 3.04. The predicted molar refractivity (Wildman–Crippen MR) is 133 cm³/mol. The van der Waals surface area contributed by atoms with Crippen LogP contribution in [0.15, 0.2) is 0 Å². The van der Waals surface area contributed by atoms with Crippen molar-refractivity contribution < 1.29 is 33.1 Å². The molecule has 0 aromatic heterocycles. The van der Waals surface area contributed by atoms with Gasteiger partial charge in [0.15, 0.2) is 11.6 Å². The second kappa shape index (κ2) is 11.8. The van der Waals surface area contributed by atoms with Gasteiger partial charge in [-0.25, -0.2) is 4.79 Å². The van der Waals surface area contributed by atoms with E-state index in [1.54, 1.807) is 20.8 Å². The maximum atomic E-state index is 13.7. The molecule has 0 saturated carbocycles. The van der Waals surface area contributed by atoms with Crippen LogP contribution in [0.1, 0.15) is 82.6 Å². The molecule has 0 aliphatic carbocycles. The Hall–Kier alpha value is -1.74. The molecule has 1 saturated heterocycles. The summed E-state index contributed by atoms with van der Waals surface area (Å²) in [6, 6.07) is -1.80. The van der Waals surface area contributed by atoms with E-state index in [4.69, 9.17) is 13.9 Å². The van der Waals surface area contributed by atoms with Gasteiger partial charge in [0, 0.05) is 12.8 Å². The van der Waals surface area contributed by atoms with E-state index in [0.29, 0.717) is 0 Å². The normalized spacial score (nSPS) is 21.4. The van der Waals surface area contributed by atoms with Crippen molar-refractivity contribution in [3.8, 4) is 0 Å². The van der Waals surface area contributed by atoms with Crippen molar-refractivity contribution in [1.82, 2.24) is 4.90 Å². The number of likely N-dealkylation sites (tertiary alicyclic amines) is 1. The van der Waals surface area contributed by atoms with Crippen LogP contribution in [0.3, 0.4) is 0 Å². The van der Waals surface area contributed by atoms with Crippen molar-refractivity contribution >= 4 is 31.9 Å². The van der Waals surface area contributed by atoms with Crippen LogP contribution in [0, 0.1) is 5.92 Å². The van der Waals surface area contributed by atoms with Crippen LogP contribution in [0.5, 0.6) is 0 Å². The van der Waals surface area contributed by atoms with Crippen molar-refractivity contribution in [3.05, 3.63) is 0 Å². The Morgan fingerprint density at radius 2 is 1.44 bits per heavy atom. The summed E-state index contributed by atoms with van der Waals surface area (Å²) >= 11 is 0. The standard InChI is InChI=1S/C25H45NO7Si/c1-15(2)34(16(3)4,17(5)6)32-14-22(29)23-20(13-31-19(8)28)12-21(18(7)27)26(23)24(30)33-25(9,10)11/h15-17,20-21,23H,12-14H2,1-11H3/t20-,21+,23+/m0/s1. The molecule has 0 unspecified atom stereocenters. The van der Waals surface area contributed by atoms with Gasteiger partial charge >= 0.3 is 12.1 Å². The van der Waals surface area contributed by atoms with Crippen molar-refractivity contribution in [2.45, 2.75) is 117 Å². The van der Waals surface area contributed by atoms with E-state index >= 15 is 0 Å². The molecule has 0 aromatic carbocycles.